The average Bonchev–Trinajstić information content (AvgIpc) is 3.43. The maximum atomic E-state index is 12.9. The number of carbonyl (C=O) groups excluding carboxylic acids is 3. The molecule has 0 aliphatic carbocycles. The first kappa shape index (κ1) is 74.6. The number of hydrogen-bond acceptors (Lipinski definition) is 6. The molecule has 0 aliphatic heterocycles. The summed E-state index contributed by atoms with van der Waals surface area (Å²) < 4.78 is 17.0. The summed E-state index contributed by atoms with van der Waals surface area (Å²) in [5.74, 6) is -0.852. The largest absolute Gasteiger partial charge is 0.462 e. The third kappa shape index (κ3) is 64.3. The van der Waals surface area contributed by atoms with E-state index in [9.17, 15) is 14.4 Å². The Morgan fingerprint density at radius 3 is 0.753 bits per heavy atom. The SMILES string of the molecule is CCCCC/C=C\C/C=C\CCCCCCCCCC(=O)OC(COC(=O)CCCCCCCCCCCCCCC)COC(=O)CCCCCCCCCCCCCCCCCCC/C=C\CCCCCCCCCC. The molecule has 0 rings (SSSR count). The van der Waals surface area contributed by atoms with Gasteiger partial charge >= 0.3 is 17.9 Å². The van der Waals surface area contributed by atoms with Gasteiger partial charge in [0.2, 0.25) is 0 Å². The van der Waals surface area contributed by atoms with Gasteiger partial charge < -0.3 is 14.2 Å². The number of hydrogen-bond donors (Lipinski definition) is 0. The lowest BCUT2D eigenvalue weighted by molar-refractivity contribution is -0.167. The van der Waals surface area contributed by atoms with Gasteiger partial charge in [-0.25, -0.2) is 0 Å². The third-order valence-corrected chi connectivity index (χ3v) is 15.6. The predicted molar refractivity (Wildman–Crippen MR) is 335 cm³/mol. The topological polar surface area (TPSA) is 78.9 Å². The van der Waals surface area contributed by atoms with Crippen LogP contribution in [-0.2, 0) is 28.6 Å². The number of allylic oxidation sites excluding steroid dienone is 6. The summed E-state index contributed by atoms with van der Waals surface area (Å²) in [6.07, 6.45) is 81.7. The number of unbranched alkanes of at least 4 members (excludes halogenated alkanes) is 47. The fraction of sp³-hybridized carbons (Fsp3) is 0.873. The van der Waals surface area contributed by atoms with Crippen molar-refractivity contribution in [3.8, 4) is 0 Å². The highest BCUT2D eigenvalue weighted by atomic mass is 16.6. The lowest BCUT2D eigenvalue weighted by Crippen LogP contribution is -2.30. The fourth-order valence-corrected chi connectivity index (χ4v) is 10.4. The summed E-state index contributed by atoms with van der Waals surface area (Å²) in [7, 11) is 0. The second kappa shape index (κ2) is 66.1. The Labute approximate surface area is 480 Å². The van der Waals surface area contributed by atoms with E-state index < -0.39 is 6.10 Å². The van der Waals surface area contributed by atoms with E-state index >= 15 is 0 Å². The molecule has 0 amide bonds. The van der Waals surface area contributed by atoms with Crippen molar-refractivity contribution in [2.45, 2.75) is 386 Å². The zero-order valence-corrected chi connectivity index (χ0v) is 52.0. The highest BCUT2D eigenvalue weighted by Crippen LogP contribution is 2.18. The van der Waals surface area contributed by atoms with Crippen molar-refractivity contribution in [3.05, 3.63) is 36.5 Å². The van der Waals surface area contributed by atoms with E-state index in [1.807, 2.05) is 0 Å². The summed E-state index contributed by atoms with van der Waals surface area (Å²) in [5, 5.41) is 0. The Kier molecular flexibility index (Phi) is 64.1. The molecule has 0 aromatic rings. The summed E-state index contributed by atoms with van der Waals surface area (Å²) in [4.78, 5) is 38.3. The molecule has 0 aliphatic rings. The molecule has 0 fully saturated rings. The molecule has 0 aromatic heterocycles. The summed E-state index contributed by atoms with van der Waals surface area (Å²) in [5.41, 5.74) is 0. The first-order valence-corrected chi connectivity index (χ1v) is 34.5. The van der Waals surface area contributed by atoms with Crippen molar-refractivity contribution in [2.24, 2.45) is 0 Å². The molecule has 0 radical (unpaired) electrons. The van der Waals surface area contributed by atoms with Crippen LogP contribution >= 0.6 is 0 Å². The van der Waals surface area contributed by atoms with Crippen molar-refractivity contribution in [3.63, 3.8) is 0 Å². The molecule has 6 nitrogen and oxygen atoms in total. The van der Waals surface area contributed by atoms with Crippen LogP contribution in [0.3, 0.4) is 0 Å². The van der Waals surface area contributed by atoms with Gasteiger partial charge in [0, 0.05) is 19.3 Å². The van der Waals surface area contributed by atoms with Gasteiger partial charge in [0.25, 0.3) is 0 Å². The van der Waals surface area contributed by atoms with Gasteiger partial charge in [0.15, 0.2) is 6.10 Å². The molecule has 0 heterocycles. The van der Waals surface area contributed by atoms with Crippen LogP contribution in [0.4, 0.5) is 0 Å². The average molecular weight is 1080 g/mol. The highest BCUT2D eigenvalue weighted by molar-refractivity contribution is 5.71. The van der Waals surface area contributed by atoms with Gasteiger partial charge in [-0.15, -0.1) is 0 Å². The van der Waals surface area contributed by atoms with Crippen molar-refractivity contribution in [2.75, 3.05) is 13.2 Å². The Balaban J connectivity index is 4.17. The van der Waals surface area contributed by atoms with Crippen molar-refractivity contribution < 1.29 is 28.6 Å². The first-order chi connectivity index (χ1) is 38.0. The van der Waals surface area contributed by atoms with Crippen LogP contribution in [0.5, 0.6) is 0 Å². The van der Waals surface area contributed by atoms with E-state index in [1.54, 1.807) is 0 Å². The van der Waals surface area contributed by atoms with Crippen LogP contribution in [0.15, 0.2) is 36.5 Å². The van der Waals surface area contributed by atoms with Gasteiger partial charge in [-0.2, -0.15) is 0 Å². The minimum absolute atomic E-state index is 0.0701. The molecule has 0 bridgehead atoms. The van der Waals surface area contributed by atoms with Crippen molar-refractivity contribution in [1.29, 1.82) is 0 Å². The van der Waals surface area contributed by atoms with Crippen LogP contribution in [0.1, 0.15) is 380 Å². The van der Waals surface area contributed by atoms with Gasteiger partial charge in [0.05, 0.1) is 0 Å². The minimum atomic E-state index is -0.773. The molecule has 0 saturated heterocycles. The highest BCUT2D eigenvalue weighted by Gasteiger charge is 2.19. The molecule has 0 saturated carbocycles. The van der Waals surface area contributed by atoms with Gasteiger partial charge in [-0.1, -0.05) is 320 Å². The van der Waals surface area contributed by atoms with Crippen LogP contribution in [0, 0.1) is 0 Å². The molecule has 6 heteroatoms. The second-order valence-electron chi connectivity index (χ2n) is 23.4. The summed E-state index contributed by atoms with van der Waals surface area (Å²) >= 11 is 0. The van der Waals surface area contributed by atoms with Gasteiger partial charge in [-0.05, 0) is 77.0 Å². The standard InChI is InChI=1S/C71H132O6/c1-4-7-10-13-16-19-22-25-27-29-30-31-32-33-34-35-36-37-38-39-40-42-43-46-49-52-55-58-61-64-70(73)76-67-68(66-75-69(72)63-60-57-54-51-48-45-24-21-18-15-12-9-6-3)77-71(74)65-62-59-56-53-50-47-44-41-28-26-23-20-17-14-11-8-5-2/h17,20,26,28-30,68H,4-16,18-19,21-25,27,31-67H2,1-3H3/b20-17-,28-26-,30-29-. The molecular formula is C71H132O6. The molecular weight excluding hydrogens is 949 g/mol. The van der Waals surface area contributed by atoms with E-state index in [-0.39, 0.29) is 31.1 Å². The van der Waals surface area contributed by atoms with Crippen LogP contribution < -0.4 is 0 Å². The number of rotatable bonds is 64. The maximum absolute atomic E-state index is 12.9. The van der Waals surface area contributed by atoms with E-state index in [0.717, 1.165) is 70.6 Å². The Morgan fingerprint density at radius 1 is 0.260 bits per heavy atom. The fourth-order valence-electron chi connectivity index (χ4n) is 10.4. The molecule has 0 spiro atoms. The molecule has 452 valence electrons. The number of carbonyl (C=O) groups is 3. The Hall–Kier alpha value is -2.37. The third-order valence-electron chi connectivity index (χ3n) is 15.6. The van der Waals surface area contributed by atoms with Crippen LogP contribution in [-0.4, -0.2) is 37.2 Å². The zero-order valence-electron chi connectivity index (χ0n) is 52.0. The maximum Gasteiger partial charge on any atom is 0.306 e. The Bertz CT molecular complexity index is 1290. The Morgan fingerprint density at radius 2 is 0.468 bits per heavy atom. The monoisotopic (exact) mass is 1080 g/mol. The number of ether oxygens (including phenoxy) is 3. The predicted octanol–water partition coefficient (Wildman–Crippen LogP) is 23.6. The van der Waals surface area contributed by atoms with Gasteiger partial charge in [0.1, 0.15) is 13.2 Å². The molecule has 0 aromatic carbocycles. The molecule has 77 heavy (non-hydrogen) atoms. The van der Waals surface area contributed by atoms with Gasteiger partial charge in [-0.3, -0.25) is 14.4 Å². The van der Waals surface area contributed by atoms with E-state index in [4.69, 9.17) is 14.2 Å². The minimum Gasteiger partial charge on any atom is -0.462 e. The van der Waals surface area contributed by atoms with Crippen LogP contribution in [0.25, 0.3) is 0 Å². The second-order valence-corrected chi connectivity index (χ2v) is 23.4. The van der Waals surface area contributed by atoms with E-state index in [1.165, 1.54) is 270 Å². The quantitative estimate of drug-likeness (QED) is 0.0261. The smallest absolute Gasteiger partial charge is 0.306 e. The lowest BCUT2D eigenvalue weighted by atomic mass is 10.0. The summed E-state index contributed by atoms with van der Waals surface area (Å²) in [6.45, 7) is 6.67. The summed E-state index contributed by atoms with van der Waals surface area (Å²) in [6, 6.07) is 0. The zero-order chi connectivity index (χ0) is 55.7. The van der Waals surface area contributed by atoms with E-state index in [0.29, 0.717) is 19.3 Å². The van der Waals surface area contributed by atoms with Crippen molar-refractivity contribution in [1.82, 2.24) is 0 Å². The molecule has 1 atom stereocenters. The molecule has 1 unspecified atom stereocenters. The first-order valence-electron chi connectivity index (χ1n) is 34.5. The number of esters is 3. The van der Waals surface area contributed by atoms with E-state index in [2.05, 4.69) is 57.2 Å². The lowest BCUT2D eigenvalue weighted by Gasteiger charge is -2.18. The molecule has 0 N–H and O–H groups in total. The van der Waals surface area contributed by atoms with Crippen LogP contribution in [0.2, 0.25) is 0 Å². The van der Waals surface area contributed by atoms with Crippen molar-refractivity contribution >= 4 is 17.9 Å². The normalized spacial score (nSPS) is 12.2.